The van der Waals surface area contributed by atoms with Crippen molar-refractivity contribution < 1.29 is 26.4 Å². The average Bonchev–Trinajstić information content (AvgIpc) is 3.02. The molecule has 2 N–H and O–H groups in total. The molecule has 0 aliphatic rings. The second-order valence-electron chi connectivity index (χ2n) is 6.64. The van der Waals surface area contributed by atoms with Crippen LogP contribution >= 0.6 is 11.6 Å². The highest BCUT2D eigenvalue weighted by Crippen LogP contribution is 2.39. The zero-order valence-corrected chi connectivity index (χ0v) is 17.3. The Hall–Kier alpha value is -2.78. The number of hydrogen-bond acceptors (Lipinski definition) is 3. The Labute approximate surface area is 175 Å². The number of rotatable bonds is 4. The van der Waals surface area contributed by atoms with Crippen LogP contribution in [0.5, 0.6) is 0 Å². The maximum Gasteiger partial charge on any atom is 0.417 e. The van der Waals surface area contributed by atoms with Crippen molar-refractivity contribution in [3.8, 4) is 11.3 Å². The number of hydrogen-bond donors (Lipinski definition) is 2. The Balaban J connectivity index is 1.92. The van der Waals surface area contributed by atoms with Crippen molar-refractivity contribution in [3.63, 3.8) is 0 Å². The van der Waals surface area contributed by atoms with Gasteiger partial charge in [-0.3, -0.25) is 4.79 Å². The zero-order valence-electron chi connectivity index (χ0n) is 15.8. The lowest BCUT2D eigenvalue weighted by Crippen LogP contribution is -2.12. The summed E-state index contributed by atoms with van der Waals surface area (Å²) in [5.74, 6) is -0.551. The Morgan fingerprint density at radius 2 is 1.73 bits per heavy atom. The van der Waals surface area contributed by atoms with Crippen molar-refractivity contribution in [3.05, 3.63) is 70.4 Å². The van der Waals surface area contributed by atoms with Gasteiger partial charge in [-0.15, -0.1) is 0 Å². The number of carbonyl (C=O) groups is 1. The molecule has 0 spiro atoms. The van der Waals surface area contributed by atoms with E-state index in [0.717, 1.165) is 12.3 Å². The van der Waals surface area contributed by atoms with Crippen molar-refractivity contribution >= 4 is 33.0 Å². The van der Waals surface area contributed by atoms with Gasteiger partial charge in [-0.25, -0.2) is 8.42 Å². The predicted molar refractivity (Wildman–Crippen MR) is 108 cm³/mol. The highest BCUT2D eigenvalue weighted by molar-refractivity contribution is 7.90. The van der Waals surface area contributed by atoms with Crippen LogP contribution in [0.4, 0.5) is 18.9 Å². The first-order valence-corrected chi connectivity index (χ1v) is 10.8. The molecule has 1 amide bonds. The number of carbonyl (C=O) groups excluding carboxylic acids is 1. The van der Waals surface area contributed by atoms with Crippen molar-refractivity contribution in [2.45, 2.75) is 18.0 Å². The molecule has 0 fully saturated rings. The van der Waals surface area contributed by atoms with Crippen molar-refractivity contribution in [2.24, 2.45) is 0 Å². The van der Waals surface area contributed by atoms with Crippen LogP contribution in [0, 0.1) is 6.92 Å². The van der Waals surface area contributed by atoms with Crippen LogP contribution in [0.1, 0.15) is 21.5 Å². The number of H-pyrrole nitrogens is 1. The van der Waals surface area contributed by atoms with Crippen LogP contribution in [-0.4, -0.2) is 25.6 Å². The van der Waals surface area contributed by atoms with E-state index in [1.165, 1.54) is 49.5 Å². The van der Waals surface area contributed by atoms with Crippen molar-refractivity contribution in [2.75, 3.05) is 11.6 Å². The molecule has 0 radical (unpaired) electrons. The van der Waals surface area contributed by atoms with Gasteiger partial charge >= 0.3 is 6.18 Å². The molecule has 10 heteroatoms. The smallest absolute Gasteiger partial charge is 0.360 e. The molecule has 3 rings (SSSR count). The van der Waals surface area contributed by atoms with E-state index in [2.05, 4.69) is 10.3 Å². The molecule has 0 saturated carbocycles. The molecule has 0 bridgehead atoms. The molecule has 2 aromatic carbocycles. The van der Waals surface area contributed by atoms with E-state index in [4.69, 9.17) is 11.6 Å². The minimum Gasteiger partial charge on any atom is -0.360 e. The number of halogens is 4. The van der Waals surface area contributed by atoms with Crippen LogP contribution in [0.3, 0.4) is 0 Å². The molecule has 1 aromatic heterocycles. The fourth-order valence-electron chi connectivity index (χ4n) is 2.96. The molecule has 0 atom stereocenters. The third-order valence-electron chi connectivity index (χ3n) is 4.48. The highest BCUT2D eigenvalue weighted by atomic mass is 35.5. The summed E-state index contributed by atoms with van der Waals surface area (Å²) >= 11 is 5.72. The lowest BCUT2D eigenvalue weighted by atomic mass is 10.00. The molecule has 1 heterocycles. The largest absolute Gasteiger partial charge is 0.417 e. The number of aromatic nitrogens is 1. The van der Waals surface area contributed by atoms with E-state index in [1.807, 2.05) is 0 Å². The average molecular weight is 457 g/mol. The number of nitrogens with one attached hydrogen (secondary N) is 2. The summed E-state index contributed by atoms with van der Waals surface area (Å²) in [4.78, 5) is 15.4. The Morgan fingerprint density at radius 3 is 2.30 bits per heavy atom. The quantitative estimate of drug-likeness (QED) is 0.557. The SMILES string of the molecule is Cc1c(C(=O)Nc2ccc(S(C)(=O)=O)cc2)c[nH]c1-c1ccc(Cl)cc1C(F)(F)F. The van der Waals surface area contributed by atoms with Crippen LogP contribution in [0.15, 0.2) is 53.6 Å². The summed E-state index contributed by atoms with van der Waals surface area (Å²) in [5, 5.41) is 2.55. The van der Waals surface area contributed by atoms with Gasteiger partial charge < -0.3 is 10.3 Å². The Bertz CT molecular complexity index is 1220. The van der Waals surface area contributed by atoms with Gasteiger partial charge in [0.1, 0.15) is 0 Å². The fraction of sp³-hybridized carbons (Fsp3) is 0.150. The first kappa shape index (κ1) is 21.9. The summed E-state index contributed by atoms with van der Waals surface area (Å²) in [6.07, 6.45) is -2.24. The second kappa shape index (κ2) is 7.81. The molecular formula is C20H16ClF3N2O3S. The third-order valence-corrected chi connectivity index (χ3v) is 5.84. The Morgan fingerprint density at radius 1 is 1.10 bits per heavy atom. The monoisotopic (exact) mass is 456 g/mol. The highest BCUT2D eigenvalue weighted by Gasteiger charge is 2.35. The third kappa shape index (κ3) is 4.52. The van der Waals surface area contributed by atoms with Crippen molar-refractivity contribution in [1.29, 1.82) is 0 Å². The summed E-state index contributed by atoms with van der Waals surface area (Å²) in [7, 11) is -3.37. The predicted octanol–water partition coefficient (Wildman–Crippen LogP) is 5.32. The van der Waals surface area contributed by atoms with Gasteiger partial charge in [0, 0.05) is 34.4 Å². The lowest BCUT2D eigenvalue weighted by Gasteiger charge is -2.13. The maximum absolute atomic E-state index is 13.4. The van der Waals surface area contributed by atoms with Gasteiger partial charge in [-0.2, -0.15) is 13.2 Å². The minimum atomic E-state index is -4.62. The normalized spacial score (nSPS) is 12.1. The van der Waals surface area contributed by atoms with Gasteiger partial charge in [0.2, 0.25) is 0 Å². The molecule has 3 aromatic rings. The van der Waals surface area contributed by atoms with Crippen LogP contribution in [0.25, 0.3) is 11.3 Å². The number of alkyl halides is 3. The zero-order chi connectivity index (χ0) is 22.3. The van der Waals surface area contributed by atoms with Crippen LogP contribution in [0.2, 0.25) is 5.02 Å². The van der Waals surface area contributed by atoms with Gasteiger partial charge in [-0.05, 0) is 48.9 Å². The van der Waals surface area contributed by atoms with Gasteiger partial charge in [0.05, 0.1) is 16.0 Å². The van der Waals surface area contributed by atoms with Gasteiger partial charge in [-0.1, -0.05) is 17.7 Å². The summed E-state index contributed by atoms with van der Waals surface area (Å²) < 4.78 is 63.3. The first-order valence-electron chi connectivity index (χ1n) is 8.54. The molecule has 0 unspecified atom stereocenters. The lowest BCUT2D eigenvalue weighted by molar-refractivity contribution is -0.137. The van der Waals surface area contributed by atoms with E-state index >= 15 is 0 Å². The van der Waals surface area contributed by atoms with Gasteiger partial charge in [0.15, 0.2) is 9.84 Å². The number of anilines is 1. The van der Waals surface area contributed by atoms with E-state index in [0.29, 0.717) is 11.3 Å². The Kier molecular flexibility index (Phi) is 5.70. The summed E-state index contributed by atoms with van der Waals surface area (Å²) in [5.41, 5.74) is -0.0637. The molecule has 0 saturated heterocycles. The fourth-order valence-corrected chi connectivity index (χ4v) is 3.77. The molecule has 0 aliphatic carbocycles. The van der Waals surface area contributed by atoms with E-state index in [-0.39, 0.29) is 26.7 Å². The topological polar surface area (TPSA) is 79.0 Å². The van der Waals surface area contributed by atoms with Gasteiger partial charge in [0.25, 0.3) is 5.91 Å². The van der Waals surface area contributed by atoms with Crippen LogP contribution in [-0.2, 0) is 16.0 Å². The number of amides is 1. The molecule has 30 heavy (non-hydrogen) atoms. The summed E-state index contributed by atoms with van der Waals surface area (Å²) in [6.45, 7) is 1.53. The molecule has 158 valence electrons. The van der Waals surface area contributed by atoms with E-state index in [9.17, 15) is 26.4 Å². The van der Waals surface area contributed by atoms with Crippen LogP contribution < -0.4 is 5.32 Å². The minimum absolute atomic E-state index is 0.0502. The molecule has 5 nitrogen and oxygen atoms in total. The number of sulfone groups is 1. The molecule has 0 aliphatic heterocycles. The van der Waals surface area contributed by atoms with E-state index in [1.54, 1.807) is 0 Å². The van der Waals surface area contributed by atoms with E-state index < -0.39 is 27.5 Å². The molecular weight excluding hydrogens is 441 g/mol. The van der Waals surface area contributed by atoms with Crippen molar-refractivity contribution in [1.82, 2.24) is 4.98 Å². The second-order valence-corrected chi connectivity index (χ2v) is 9.09. The first-order chi connectivity index (χ1) is 13.9. The number of aromatic amines is 1. The maximum atomic E-state index is 13.4. The standard InChI is InChI=1S/C20H16ClF3N2O3S/c1-11-16(19(27)26-13-4-6-14(7-5-13)30(2,28)29)10-25-18(11)15-8-3-12(21)9-17(15)20(22,23)24/h3-10,25H,1-2H3,(H,26,27). The summed E-state index contributed by atoms with van der Waals surface area (Å²) in [6, 6.07) is 8.98. The number of benzene rings is 2.